The molecular formula is C88H90BBr2F15N11NaO9P. The van der Waals surface area contributed by atoms with Gasteiger partial charge in [-0.15, -0.1) is 0 Å². The summed E-state index contributed by atoms with van der Waals surface area (Å²) in [5, 5.41) is 26.6. The van der Waals surface area contributed by atoms with E-state index in [1.165, 1.54) is 145 Å². The average molecular weight is 1960 g/mol. The summed E-state index contributed by atoms with van der Waals surface area (Å²) in [6.45, 7) is 2.94. The number of carbonyl (C=O) groups excluding carboxylic acids is 4. The molecule has 0 aliphatic carbocycles. The Morgan fingerprint density at radius 1 is 0.422 bits per heavy atom. The Balaban J connectivity index is -0.000000718. The van der Waals surface area contributed by atoms with Gasteiger partial charge in [0.15, 0.2) is 18.9 Å². The number of aromatic carboxylic acids is 1. The van der Waals surface area contributed by atoms with Crippen LogP contribution >= 0.6 is 25.8 Å². The first-order valence-electron chi connectivity index (χ1n) is 35.3. The smallest absolute Gasteiger partial charge is 1.00 e. The van der Waals surface area contributed by atoms with Crippen LogP contribution in [0.2, 0.25) is 0 Å². The molecule has 13 rings (SSSR count). The first kappa shape index (κ1) is 121. The minimum Gasteiger partial charge on any atom is -1.00 e. The number of nitrogens with one attached hydrogen (secondary N) is 4. The van der Waals surface area contributed by atoms with Crippen LogP contribution in [0.4, 0.5) is 94.3 Å². The van der Waals surface area contributed by atoms with Crippen molar-refractivity contribution in [1.82, 2.24) is 26.0 Å². The zero-order chi connectivity index (χ0) is 87.9. The van der Waals surface area contributed by atoms with E-state index in [1.807, 2.05) is 77.4 Å². The van der Waals surface area contributed by atoms with Crippen LogP contribution in [0.5, 0.6) is 0 Å². The van der Waals surface area contributed by atoms with Gasteiger partial charge in [0, 0.05) is 141 Å². The van der Waals surface area contributed by atoms with E-state index in [-0.39, 0.29) is 108 Å². The first-order chi connectivity index (χ1) is 57.0. The van der Waals surface area contributed by atoms with Crippen molar-refractivity contribution in [3.05, 3.63) is 389 Å². The third kappa shape index (κ3) is 44.3. The van der Waals surface area contributed by atoms with E-state index in [0.29, 0.717) is 70.2 Å². The number of alkyl halides is 16. The zero-order valence-corrected chi connectivity index (χ0v) is 74.0. The number of hydrogen-bond donors (Lipinski definition) is 8. The largest absolute Gasteiger partial charge is 1.00 e. The summed E-state index contributed by atoms with van der Waals surface area (Å²) in [6, 6.07) is 64.3. The topological polar surface area (TPSA) is 344 Å². The molecular weight excluding hydrogens is 1860 g/mol. The zero-order valence-electron chi connectivity index (χ0n) is 68.4. The second-order valence-electron chi connectivity index (χ2n) is 24.8. The summed E-state index contributed by atoms with van der Waals surface area (Å²) >= 11 is 3.36. The van der Waals surface area contributed by atoms with Crippen molar-refractivity contribution in [2.75, 3.05) is 47.2 Å². The maximum atomic E-state index is 12.6. The van der Waals surface area contributed by atoms with Crippen LogP contribution in [0.15, 0.2) is 322 Å². The summed E-state index contributed by atoms with van der Waals surface area (Å²) in [6.07, 6.45) is -7.01. The molecule has 1 atom stereocenters. The summed E-state index contributed by atoms with van der Waals surface area (Å²) in [7, 11) is 1.00. The quantitative estimate of drug-likeness (QED) is 0.0125. The number of carboxylic acid groups (broad SMARTS) is 1. The van der Waals surface area contributed by atoms with E-state index in [9.17, 15) is 89.8 Å². The van der Waals surface area contributed by atoms with Gasteiger partial charge in [-0.1, -0.05) is 120 Å². The Morgan fingerprint density at radius 2 is 0.688 bits per heavy atom. The normalized spacial score (nSPS) is 10.9. The molecule has 40 heteroatoms. The number of amides is 4. The van der Waals surface area contributed by atoms with Gasteiger partial charge < -0.3 is 72.7 Å². The van der Waals surface area contributed by atoms with Crippen molar-refractivity contribution in [3.8, 4) is 0 Å². The first-order valence-corrected chi connectivity index (χ1v) is 36.5. The molecule has 0 saturated carbocycles. The van der Waals surface area contributed by atoms with E-state index in [0.717, 1.165) is 91.8 Å². The number of carbonyl (C=O) groups is 5. The van der Waals surface area contributed by atoms with Gasteiger partial charge in [0.1, 0.15) is 0 Å². The fraction of sp³-hybridized carbons (Fsp3) is 0.148. The van der Waals surface area contributed by atoms with E-state index in [2.05, 4.69) is 81.3 Å². The number of hydrogen-bond acceptors (Lipinski definition) is 12. The van der Waals surface area contributed by atoms with E-state index in [4.69, 9.17) is 15.9 Å². The number of rotatable bonds is 14. The van der Waals surface area contributed by atoms with Gasteiger partial charge in [0.25, 0.3) is 23.6 Å². The minimum absolute atomic E-state index is 0. The average Bonchev–Trinajstić information content (AvgIpc) is 0.854. The molecule has 679 valence electrons. The fourth-order valence-electron chi connectivity index (χ4n) is 9.94. The van der Waals surface area contributed by atoms with Crippen LogP contribution in [0, 0.1) is 0 Å². The van der Waals surface area contributed by atoms with E-state index < -0.39 is 76.5 Å². The van der Waals surface area contributed by atoms with Gasteiger partial charge in [0.2, 0.25) is 0 Å². The number of aliphatic hydroxyl groups excluding tert-OH is 1. The number of aromatic nitrogens is 4. The maximum absolute atomic E-state index is 12.6. The maximum Gasteiger partial charge on any atom is 1.00 e. The molecule has 5 heterocycles. The van der Waals surface area contributed by atoms with Crippen LogP contribution in [0.25, 0.3) is 0 Å². The van der Waals surface area contributed by atoms with Crippen molar-refractivity contribution >= 4 is 92.3 Å². The molecule has 4 amide bonds. The monoisotopic (exact) mass is 1950 g/mol. The minimum atomic E-state index is -4.39. The SMILES string of the molecule is BrCc1ccccc1.C.CO.N.Nc1ccc(C(F)(F)F)cc1.O.O.O=C(Nc1ccc(C(F)(F)F)cc1)C1=CCN(Cc2ccccc2)CC1.O=C(Nc1ccc(C(F)(F)F)cc1)c1cc[n+](Cc2ccccc2)cc1.O=C(Nc1ccc(C(F)(F)F)cc1)c1ccncc1.O=C(Nc1ccc(C(F)(F)F)cc1)c1ccncc1.O=C(O)c1ccncc1.P.[B].[Br-].[H-].[Na+]. The van der Waals surface area contributed by atoms with Gasteiger partial charge in [-0.2, -0.15) is 75.8 Å². The van der Waals surface area contributed by atoms with Crippen LogP contribution in [-0.4, -0.2) is 99.2 Å². The number of halogens is 17. The number of nitrogen functional groups attached to an aromatic ring is 1. The Morgan fingerprint density at radius 3 is 0.945 bits per heavy atom. The van der Waals surface area contributed by atoms with Crippen LogP contribution in [0.3, 0.4) is 0 Å². The molecule has 15 N–H and O–H groups in total. The van der Waals surface area contributed by atoms with Gasteiger partial charge in [-0.25, -0.2) is 9.36 Å². The predicted octanol–water partition coefficient (Wildman–Crippen LogP) is 13.7. The number of nitrogens with two attached hydrogens (primary N) is 1. The predicted molar refractivity (Wildman–Crippen MR) is 465 cm³/mol. The number of aliphatic hydroxyl groups is 1. The third-order valence-corrected chi connectivity index (χ3v) is 16.8. The van der Waals surface area contributed by atoms with Crippen molar-refractivity contribution < 1.29 is 164 Å². The number of benzene rings is 8. The van der Waals surface area contributed by atoms with Gasteiger partial charge in [-0.05, 0) is 175 Å². The second-order valence-corrected chi connectivity index (χ2v) is 25.4. The molecule has 3 radical (unpaired) electrons. The molecule has 0 saturated heterocycles. The Kier molecular flexibility index (Phi) is 56.8. The molecule has 8 aromatic carbocycles. The standard InChI is InChI=1S/C20H19F3N2O.C20H15F3N2O.2C13H9F3N2O.C7H7Br.C7H6F3N.C6H5NO2.CH4O.CH4.B.BrH.H3N.Na.2H2O.H3P.H/c2*21-20(22,23)17-6-8-18(9-7-17)24-19(26)16-10-12-25(13-11-16)14-15-4-2-1-3-5-15;2*14-13(15,16)10-1-3-11(4-2-10)18-12(19)9-5-7-17-8-6-9;8-6-7-4-2-1-3-5-7;8-7(9,10)5-1-3-6(11)4-2-5;8-6(9)5-1-3-7-4-2-5;1-2;;;;;;;;;/h1-10H,11-14H2,(H,24,26);1-13H,14H2;2*1-8H,(H,18,19);1-5H,6H2;1-4H,11H2;1-4H,(H,8,9);2H,1H3;1H4;;1H;1H3;;2*1H2;1H3;/q;;;;;;;;;;;;+1;;;;-1. The van der Waals surface area contributed by atoms with Crippen LogP contribution in [0.1, 0.15) is 101 Å². The molecule has 1 unspecified atom stereocenters. The molecule has 4 aromatic heterocycles. The number of carboxylic acids is 1. The van der Waals surface area contributed by atoms with E-state index in [1.54, 1.807) is 24.5 Å². The summed E-state index contributed by atoms with van der Waals surface area (Å²) in [5.41, 5.74) is 8.94. The van der Waals surface area contributed by atoms with Gasteiger partial charge in [0.05, 0.1) is 38.9 Å². The molecule has 12 aromatic rings. The summed E-state index contributed by atoms with van der Waals surface area (Å²) < 4.78 is 187. The summed E-state index contributed by atoms with van der Waals surface area (Å²) in [5.74, 6) is -2.36. The molecule has 1 aliphatic heterocycles. The third-order valence-electron chi connectivity index (χ3n) is 16.1. The molecule has 128 heavy (non-hydrogen) atoms. The van der Waals surface area contributed by atoms with Crippen LogP contribution in [-0.2, 0) is 54.1 Å². The Labute approximate surface area is 775 Å². The molecule has 0 fully saturated rings. The molecule has 0 spiro atoms. The number of nitrogens with zero attached hydrogens (tertiary/aromatic N) is 5. The van der Waals surface area contributed by atoms with Gasteiger partial charge in [-0.3, -0.25) is 39.0 Å². The summed E-state index contributed by atoms with van der Waals surface area (Å²) in [4.78, 5) is 71.6. The van der Waals surface area contributed by atoms with Crippen molar-refractivity contribution in [2.24, 2.45) is 0 Å². The molecule has 0 bridgehead atoms. The second kappa shape index (κ2) is 60.2. The van der Waals surface area contributed by atoms with Crippen molar-refractivity contribution in [3.63, 3.8) is 0 Å². The molecule has 1 aliphatic rings. The number of pyridine rings is 4. The van der Waals surface area contributed by atoms with Crippen molar-refractivity contribution in [1.29, 1.82) is 0 Å². The number of anilines is 5. The fourth-order valence-corrected chi connectivity index (χ4v) is 10.3. The van der Waals surface area contributed by atoms with Gasteiger partial charge >= 0.3 is 66.4 Å². The van der Waals surface area contributed by atoms with Crippen LogP contribution < -0.4 is 84.3 Å². The Hall–Kier alpha value is -11.5. The van der Waals surface area contributed by atoms with Crippen molar-refractivity contribution in [2.45, 2.75) is 63.1 Å². The van der Waals surface area contributed by atoms with E-state index >= 15 is 0 Å². The Bertz CT molecular complexity index is 5060. The molecule has 20 nitrogen and oxygen atoms in total.